The first kappa shape index (κ1) is 13.0. The van der Waals surface area contributed by atoms with E-state index in [1.54, 1.807) is 0 Å². The molecule has 0 saturated heterocycles. The van der Waals surface area contributed by atoms with Crippen LogP contribution in [0.25, 0.3) is 0 Å². The van der Waals surface area contributed by atoms with Crippen LogP contribution in [-0.2, 0) is 9.53 Å². The molecule has 0 aliphatic heterocycles. The van der Waals surface area contributed by atoms with Crippen molar-refractivity contribution < 1.29 is 14.3 Å². The lowest BCUT2D eigenvalue weighted by Gasteiger charge is -2.11. The zero-order valence-electron chi connectivity index (χ0n) is 9.67. The average Bonchev–Trinajstić information content (AvgIpc) is 2.16. The number of methoxy groups -OCH3 is 1. The zero-order valence-corrected chi connectivity index (χ0v) is 10.4. The lowest BCUT2D eigenvalue weighted by molar-refractivity contribution is -0.124. The van der Waals surface area contributed by atoms with E-state index in [9.17, 15) is 4.79 Å². The molecule has 0 N–H and O–H groups in total. The maximum absolute atomic E-state index is 11.2. The molecule has 0 aliphatic rings. The van der Waals surface area contributed by atoms with Gasteiger partial charge in [-0.25, -0.2) is 0 Å². The predicted octanol–water partition coefficient (Wildman–Crippen LogP) is 2.55. The molecule has 0 heterocycles. The summed E-state index contributed by atoms with van der Waals surface area (Å²) in [6.07, 6.45) is 0. The largest absolute Gasteiger partial charge is 0.485 e. The van der Waals surface area contributed by atoms with Gasteiger partial charge in [-0.15, -0.1) is 0 Å². The van der Waals surface area contributed by atoms with E-state index < -0.39 is 0 Å². The summed E-state index contributed by atoms with van der Waals surface area (Å²) < 4.78 is 10.2. The van der Waals surface area contributed by atoms with E-state index in [-0.39, 0.29) is 19.0 Å². The first-order valence-corrected chi connectivity index (χ1v) is 5.32. The molecular formula is C12H15ClO3. The van der Waals surface area contributed by atoms with Gasteiger partial charge in [0, 0.05) is 12.1 Å². The van der Waals surface area contributed by atoms with Gasteiger partial charge in [0.2, 0.25) is 0 Å². The molecule has 0 spiro atoms. The number of ketones is 1. The number of rotatable bonds is 5. The third-order valence-electron chi connectivity index (χ3n) is 2.11. The number of ether oxygens (including phenoxy) is 2. The molecule has 0 bridgehead atoms. The van der Waals surface area contributed by atoms with Crippen molar-refractivity contribution in [2.45, 2.75) is 13.8 Å². The third kappa shape index (κ3) is 3.51. The molecule has 1 aromatic rings. The van der Waals surface area contributed by atoms with Crippen LogP contribution in [0.1, 0.15) is 11.1 Å². The highest BCUT2D eigenvalue weighted by Gasteiger charge is 2.08. The molecule has 0 radical (unpaired) electrons. The molecule has 88 valence electrons. The maximum Gasteiger partial charge on any atom is 0.195 e. The number of aryl methyl sites for hydroxylation is 2. The zero-order chi connectivity index (χ0) is 12.1. The van der Waals surface area contributed by atoms with Gasteiger partial charge in [-0.1, -0.05) is 11.6 Å². The van der Waals surface area contributed by atoms with Gasteiger partial charge in [0.25, 0.3) is 0 Å². The van der Waals surface area contributed by atoms with Gasteiger partial charge in [0.15, 0.2) is 5.78 Å². The Labute approximate surface area is 100 Å². The first-order valence-electron chi connectivity index (χ1n) is 4.94. The lowest BCUT2D eigenvalue weighted by atomic mass is 10.1. The first-order chi connectivity index (χ1) is 7.54. The molecule has 1 aromatic carbocycles. The summed E-state index contributed by atoms with van der Waals surface area (Å²) in [5, 5.41) is 0.672. The number of hydrogen-bond donors (Lipinski definition) is 0. The van der Waals surface area contributed by atoms with Crippen molar-refractivity contribution >= 4 is 17.4 Å². The predicted molar refractivity (Wildman–Crippen MR) is 63.3 cm³/mol. The van der Waals surface area contributed by atoms with Crippen molar-refractivity contribution in [1.82, 2.24) is 0 Å². The van der Waals surface area contributed by atoms with Crippen LogP contribution in [-0.4, -0.2) is 26.1 Å². The lowest BCUT2D eigenvalue weighted by Crippen LogP contribution is -2.17. The summed E-state index contributed by atoms with van der Waals surface area (Å²) in [6, 6.07) is 3.62. The van der Waals surface area contributed by atoms with Gasteiger partial charge in [-0.05, 0) is 37.1 Å². The summed E-state index contributed by atoms with van der Waals surface area (Å²) in [5.74, 6) is 0.630. The van der Waals surface area contributed by atoms with Crippen LogP contribution in [0.5, 0.6) is 5.75 Å². The minimum absolute atomic E-state index is 0.0250. The molecule has 3 nitrogen and oxygen atoms in total. The second-order valence-corrected chi connectivity index (χ2v) is 4.07. The molecule has 4 heteroatoms. The Morgan fingerprint density at radius 2 is 1.81 bits per heavy atom. The Hall–Kier alpha value is -1.06. The number of halogens is 1. The van der Waals surface area contributed by atoms with E-state index in [4.69, 9.17) is 21.1 Å². The Balaban J connectivity index is 2.70. The minimum atomic E-state index is -0.0868. The quantitative estimate of drug-likeness (QED) is 0.796. The Kier molecular flexibility index (Phi) is 4.77. The Morgan fingerprint density at radius 3 is 2.31 bits per heavy atom. The number of benzene rings is 1. The van der Waals surface area contributed by atoms with E-state index >= 15 is 0 Å². The van der Waals surface area contributed by atoms with Crippen LogP contribution in [0, 0.1) is 13.8 Å². The molecule has 16 heavy (non-hydrogen) atoms. The van der Waals surface area contributed by atoms with Gasteiger partial charge in [0.1, 0.15) is 19.0 Å². The van der Waals surface area contributed by atoms with Gasteiger partial charge in [-0.3, -0.25) is 4.79 Å². The number of carbonyl (C=O) groups excluding carboxylic acids is 1. The van der Waals surface area contributed by atoms with E-state index in [2.05, 4.69) is 0 Å². The number of Topliss-reactive ketones (excluding diaryl/α,β-unsaturated/α-hetero) is 1. The summed E-state index contributed by atoms with van der Waals surface area (Å²) in [6.45, 7) is 3.90. The van der Waals surface area contributed by atoms with Crippen LogP contribution in [0.2, 0.25) is 5.02 Å². The normalized spacial score (nSPS) is 10.2. The molecule has 0 aliphatic carbocycles. The van der Waals surface area contributed by atoms with Crippen molar-refractivity contribution in [2.24, 2.45) is 0 Å². The van der Waals surface area contributed by atoms with Gasteiger partial charge in [0.05, 0.1) is 0 Å². The van der Waals surface area contributed by atoms with Gasteiger partial charge < -0.3 is 9.47 Å². The highest BCUT2D eigenvalue weighted by Crippen LogP contribution is 2.26. The second-order valence-electron chi connectivity index (χ2n) is 3.63. The van der Waals surface area contributed by atoms with Gasteiger partial charge in [-0.2, -0.15) is 0 Å². The van der Waals surface area contributed by atoms with E-state index in [1.807, 2.05) is 26.0 Å². The van der Waals surface area contributed by atoms with Crippen molar-refractivity contribution in [1.29, 1.82) is 0 Å². The summed E-state index contributed by atoms with van der Waals surface area (Å²) in [7, 11) is 1.48. The van der Waals surface area contributed by atoms with Crippen molar-refractivity contribution in [3.8, 4) is 5.75 Å². The average molecular weight is 243 g/mol. The van der Waals surface area contributed by atoms with Crippen molar-refractivity contribution in [3.05, 3.63) is 28.3 Å². The molecule has 1 rings (SSSR count). The standard InChI is InChI=1S/C12H15ClO3/c1-8-4-10(13)5-9(2)12(8)16-7-11(14)6-15-3/h4-5H,6-7H2,1-3H3. The SMILES string of the molecule is COCC(=O)COc1c(C)cc(Cl)cc1C. The fourth-order valence-electron chi connectivity index (χ4n) is 1.48. The molecule has 0 saturated carbocycles. The summed E-state index contributed by atoms with van der Waals surface area (Å²) in [4.78, 5) is 11.2. The topological polar surface area (TPSA) is 35.5 Å². The highest BCUT2D eigenvalue weighted by atomic mass is 35.5. The molecule has 0 aromatic heterocycles. The molecule has 0 atom stereocenters. The summed E-state index contributed by atoms with van der Waals surface area (Å²) >= 11 is 5.89. The molecule has 0 amide bonds. The maximum atomic E-state index is 11.2. The number of hydrogen-bond acceptors (Lipinski definition) is 3. The minimum Gasteiger partial charge on any atom is -0.485 e. The van der Waals surface area contributed by atoms with Crippen LogP contribution < -0.4 is 4.74 Å². The van der Waals surface area contributed by atoms with Gasteiger partial charge >= 0.3 is 0 Å². The third-order valence-corrected chi connectivity index (χ3v) is 2.33. The monoisotopic (exact) mass is 242 g/mol. The summed E-state index contributed by atoms with van der Waals surface area (Å²) in [5.41, 5.74) is 1.85. The van der Waals surface area contributed by atoms with E-state index in [0.29, 0.717) is 10.8 Å². The Bertz CT molecular complexity index is 365. The second kappa shape index (κ2) is 5.87. The highest BCUT2D eigenvalue weighted by molar-refractivity contribution is 6.30. The van der Waals surface area contributed by atoms with E-state index in [0.717, 1.165) is 11.1 Å². The van der Waals surface area contributed by atoms with E-state index in [1.165, 1.54) is 7.11 Å². The van der Waals surface area contributed by atoms with Crippen molar-refractivity contribution in [2.75, 3.05) is 20.3 Å². The number of carbonyl (C=O) groups is 1. The van der Waals surface area contributed by atoms with Crippen LogP contribution in [0.15, 0.2) is 12.1 Å². The molecule has 0 fully saturated rings. The molecule has 0 unspecified atom stereocenters. The van der Waals surface area contributed by atoms with Crippen molar-refractivity contribution in [3.63, 3.8) is 0 Å². The smallest absolute Gasteiger partial charge is 0.195 e. The fraction of sp³-hybridized carbons (Fsp3) is 0.417. The van der Waals surface area contributed by atoms with Crippen LogP contribution >= 0.6 is 11.6 Å². The fourth-order valence-corrected chi connectivity index (χ4v) is 1.81. The molecular weight excluding hydrogens is 228 g/mol. The van der Waals surface area contributed by atoms with Crippen LogP contribution in [0.3, 0.4) is 0 Å². The van der Waals surface area contributed by atoms with Crippen LogP contribution in [0.4, 0.5) is 0 Å². The Morgan fingerprint density at radius 1 is 1.25 bits per heavy atom.